The Kier molecular flexibility index (Phi) is 6.84. The molecule has 3 N–H and O–H groups in total. The average Bonchev–Trinajstić information content (AvgIpc) is 3.92. The molecule has 2 aliphatic carbocycles. The number of carbonyl (C=O) groups excluding carboxylic acids is 1. The normalized spacial score (nSPS) is 23.3. The lowest BCUT2D eigenvalue weighted by Gasteiger charge is -2.47. The quantitative estimate of drug-likeness (QED) is 0.326. The van der Waals surface area contributed by atoms with Crippen molar-refractivity contribution in [1.29, 1.82) is 0 Å². The van der Waals surface area contributed by atoms with E-state index in [0.29, 0.717) is 30.2 Å². The molecule has 12 heteroatoms. The zero-order valence-electron chi connectivity index (χ0n) is 24.6. The van der Waals surface area contributed by atoms with Crippen LogP contribution in [0.1, 0.15) is 68.3 Å². The van der Waals surface area contributed by atoms with Gasteiger partial charge in [0.05, 0.1) is 28.2 Å². The van der Waals surface area contributed by atoms with Gasteiger partial charge in [-0.3, -0.25) is 9.69 Å². The second-order valence-electron chi connectivity index (χ2n) is 12.1. The molecule has 1 unspecified atom stereocenters. The lowest BCUT2D eigenvalue weighted by atomic mass is 10.0. The number of carbonyl (C=O) groups is 1. The number of amidine groups is 1. The molecule has 3 aromatic rings. The molecule has 3 atom stereocenters. The van der Waals surface area contributed by atoms with Crippen LogP contribution < -0.4 is 10.6 Å². The molecule has 1 amide bonds. The molecule has 0 spiro atoms. The summed E-state index contributed by atoms with van der Waals surface area (Å²) in [5, 5.41) is 11.8. The summed E-state index contributed by atoms with van der Waals surface area (Å²) in [7, 11) is 0. The van der Waals surface area contributed by atoms with Gasteiger partial charge in [-0.2, -0.15) is 0 Å². The van der Waals surface area contributed by atoms with E-state index in [1.54, 1.807) is 16.1 Å². The van der Waals surface area contributed by atoms with Crippen molar-refractivity contribution in [1.82, 2.24) is 24.8 Å². The number of fused-ring (bicyclic) bond motifs is 1. The predicted molar refractivity (Wildman–Crippen MR) is 162 cm³/mol. The first kappa shape index (κ1) is 28.3. The second kappa shape index (κ2) is 10.6. The number of piperazine rings is 1. The van der Waals surface area contributed by atoms with Crippen molar-refractivity contribution in [2.24, 2.45) is 4.99 Å². The zero-order chi connectivity index (χ0) is 30.9. The number of benzene rings is 1. The average molecular weight is 601 g/mol. The molecule has 4 aliphatic rings. The molecular formula is C32H34F2N8O2. The highest BCUT2D eigenvalue weighted by Gasteiger charge is 2.43. The number of hydrogen-bond acceptors (Lipinski definition) is 9. The molecule has 0 radical (unpaired) electrons. The maximum Gasteiger partial charge on any atom is 0.246 e. The van der Waals surface area contributed by atoms with Gasteiger partial charge in [-0.15, -0.1) is 0 Å². The van der Waals surface area contributed by atoms with Crippen LogP contribution in [0, 0.1) is 11.6 Å². The molecule has 7 rings (SSSR count). The van der Waals surface area contributed by atoms with Gasteiger partial charge in [-0.25, -0.2) is 28.7 Å². The first-order valence-electron chi connectivity index (χ1n) is 15.0. The van der Waals surface area contributed by atoms with Crippen LogP contribution in [0.25, 0.3) is 11.3 Å². The van der Waals surface area contributed by atoms with Gasteiger partial charge >= 0.3 is 0 Å². The molecule has 1 aromatic carbocycles. The van der Waals surface area contributed by atoms with Gasteiger partial charge in [0.15, 0.2) is 5.82 Å². The smallest absolute Gasteiger partial charge is 0.246 e. The van der Waals surface area contributed by atoms with Crippen LogP contribution >= 0.6 is 0 Å². The second-order valence-corrected chi connectivity index (χ2v) is 12.1. The fraction of sp³-hybridized carbons (Fsp3) is 0.406. The number of aliphatic hydroxyl groups excluding tert-OH is 1. The number of pyridine rings is 1. The number of nitrogen functional groups attached to an aromatic ring is 1. The fourth-order valence-corrected chi connectivity index (χ4v) is 6.40. The van der Waals surface area contributed by atoms with E-state index in [9.17, 15) is 9.90 Å². The summed E-state index contributed by atoms with van der Waals surface area (Å²) in [6, 6.07) is 5.01. The van der Waals surface area contributed by atoms with E-state index in [2.05, 4.69) is 16.5 Å². The van der Waals surface area contributed by atoms with Gasteiger partial charge in [0.1, 0.15) is 29.5 Å². The molecule has 228 valence electrons. The van der Waals surface area contributed by atoms with Gasteiger partial charge in [-0.05, 0) is 63.8 Å². The van der Waals surface area contributed by atoms with E-state index in [4.69, 9.17) is 15.7 Å². The molecule has 10 nitrogen and oxygen atoms in total. The summed E-state index contributed by atoms with van der Waals surface area (Å²) >= 11 is 0. The van der Waals surface area contributed by atoms with Crippen LogP contribution in [-0.4, -0.2) is 73.1 Å². The summed E-state index contributed by atoms with van der Waals surface area (Å²) < 4.78 is 31.2. The summed E-state index contributed by atoms with van der Waals surface area (Å²) in [5.74, 6) is -0.713. The Labute approximate surface area is 253 Å². The standard InChI is InChI=1S/C32H34F2N8O2/c1-4-24(43)40-13-17(3)41(14-16(40)2)30-20-12-22(34)28(25-21(33)6-5-7-23(25)35)38-31(20)42(32(44)39-30)29-26(18-8-9-18)36-15-37-27(29)19-10-11-19/h4-7,12,15-19,32,44H,1,8-11,13-14,35H2,2-3H3/t16-,17+,32?/m1/s1. The largest absolute Gasteiger partial charge is 0.398 e. The van der Waals surface area contributed by atoms with Gasteiger partial charge < -0.3 is 20.6 Å². The van der Waals surface area contributed by atoms with E-state index in [1.165, 1.54) is 30.3 Å². The number of halogens is 2. The third-order valence-electron chi connectivity index (χ3n) is 8.94. The number of aliphatic imine (C=N–C) groups is 1. The summed E-state index contributed by atoms with van der Waals surface area (Å²) in [6.45, 7) is 8.24. The minimum atomic E-state index is -1.45. The van der Waals surface area contributed by atoms with Crippen LogP contribution in [-0.2, 0) is 4.79 Å². The number of nitrogens with two attached hydrogens (primary N) is 1. The third kappa shape index (κ3) is 4.68. The van der Waals surface area contributed by atoms with Gasteiger partial charge in [0, 0.05) is 42.7 Å². The van der Waals surface area contributed by atoms with Crippen molar-refractivity contribution >= 4 is 28.9 Å². The monoisotopic (exact) mass is 600 g/mol. The number of rotatable bonds is 5. The molecular weight excluding hydrogens is 566 g/mol. The maximum absolute atomic E-state index is 16.1. The zero-order valence-corrected chi connectivity index (χ0v) is 24.6. The lowest BCUT2D eigenvalue weighted by Crippen LogP contribution is -2.60. The lowest BCUT2D eigenvalue weighted by molar-refractivity contribution is -0.130. The molecule has 1 saturated heterocycles. The van der Waals surface area contributed by atoms with Crippen LogP contribution in [0.5, 0.6) is 0 Å². The Balaban J connectivity index is 1.42. The molecule has 44 heavy (non-hydrogen) atoms. The highest BCUT2D eigenvalue weighted by molar-refractivity contribution is 6.06. The number of anilines is 3. The predicted octanol–water partition coefficient (Wildman–Crippen LogP) is 4.44. The minimum Gasteiger partial charge on any atom is -0.398 e. The van der Waals surface area contributed by atoms with Crippen molar-refractivity contribution in [3.8, 4) is 11.3 Å². The fourth-order valence-electron chi connectivity index (χ4n) is 6.40. The Hall–Kier alpha value is -4.45. The molecule has 2 saturated carbocycles. The van der Waals surface area contributed by atoms with Crippen molar-refractivity contribution in [3.05, 3.63) is 71.8 Å². The van der Waals surface area contributed by atoms with Crippen LogP contribution in [0.4, 0.5) is 26.0 Å². The Morgan fingerprint density at radius 2 is 1.73 bits per heavy atom. The van der Waals surface area contributed by atoms with Crippen LogP contribution in [0.2, 0.25) is 0 Å². The number of nitrogens with zero attached hydrogens (tertiary/aromatic N) is 7. The molecule has 4 heterocycles. The minimum absolute atomic E-state index is 0.0407. The highest BCUT2D eigenvalue weighted by atomic mass is 19.1. The summed E-state index contributed by atoms with van der Waals surface area (Å²) in [4.78, 5) is 36.5. The Morgan fingerprint density at radius 3 is 2.34 bits per heavy atom. The molecule has 3 fully saturated rings. The number of aromatic nitrogens is 3. The van der Waals surface area contributed by atoms with E-state index in [1.807, 2.05) is 18.7 Å². The van der Waals surface area contributed by atoms with Crippen LogP contribution in [0.3, 0.4) is 0 Å². The Morgan fingerprint density at radius 1 is 1.05 bits per heavy atom. The summed E-state index contributed by atoms with van der Waals surface area (Å²) in [6.07, 6.45) is 5.23. The molecule has 0 bridgehead atoms. The number of aliphatic hydroxyl groups is 1. The van der Waals surface area contributed by atoms with Crippen molar-refractivity contribution in [3.63, 3.8) is 0 Å². The van der Waals surface area contributed by atoms with E-state index in [0.717, 1.165) is 37.1 Å². The van der Waals surface area contributed by atoms with Crippen molar-refractivity contribution in [2.75, 3.05) is 23.7 Å². The van der Waals surface area contributed by atoms with Crippen molar-refractivity contribution < 1.29 is 18.7 Å². The van der Waals surface area contributed by atoms with Gasteiger partial charge in [-0.1, -0.05) is 12.6 Å². The topological polar surface area (TPSA) is 124 Å². The number of hydrogen-bond donors (Lipinski definition) is 2. The van der Waals surface area contributed by atoms with E-state index in [-0.39, 0.29) is 52.6 Å². The van der Waals surface area contributed by atoms with Gasteiger partial charge in [0.25, 0.3) is 0 Å². The van der Waals surface area contributed by atoms with Gasteiger partial charge in [0.2, 0.25) is 12.3 Å². The molecule has 2 aromatic heterocycles. The molecule has 2 aliphatic heterocycles. The Bertz CT molecular complexity index is 1660. The SMILES string of the molecule is C=CC(=O)N1C[C@H](C)N(C2=NC(O)N(c3c(C4CC4)ncnc3C3CC3)c3nc(-c4c(N)cccc4F)c(F)cc32)C[C@H]1C. The highest BCUT2D eigenvalue weighted by Crippen LogP contribution is 2.52. The first-order valence-corrected chi connectivity index (χ1v) is 15.0. The first-order chi connectivity index (χ1) is 21.2. The summed E-state index contributed by atoms with van der Waals surface area (Å²) in [5.41, 5.74) is 8.31. The third-order valence-corrected chi connectivity index (χ3v) is 8.94. The van der Waals surface area contributed by atoms with E-state index < -0.39 is 18.0 Å². The van der Waals surface area contributed by atoms with Crippen molar-refractivity contribution in [2.45, 2.75) is 69.8 Å². The van der Waals surface area contributed by atoms with E-state index >= 15 is 8.78 Å². The maximum atomic E-state index is 16.1. The number of amides is 1. The van der Waals surface area contributed by atoms with Crippen LogP contribution in [0.15, 0.2) is 48.2 Å².